The molecule has 170 valence electrons. The summed E-state index contributed by atoms with van der Waals surface area (Å²) in [4.78, 5) is 12.1. The lowest BCUT2D eigenvalue weighted by Crippen LogP contribution is -2.26. The Balaban J connectivity index is 1.42. The van der Waals surface area contributed by atoms with Gasteiger partial charge in [-0.25, -0.2) is 4.39 Å². The first kappa shape index (κ1) is 21.8. The number of ether oxygens (including phenoxy) is 1. The highest BCUT2D eigenvalue weighted by Gasteiger charge is 2.34. The van der Waals surface area contributed by atoms with Gasteiger partial charge in [0, 0.05) is 18.2 Å². The van der Waals surface area contributed by atoms with Gasteiger partial charge in [0.2, 0.25) is 18.0 Å². The molecule has 1 aliphatic heterocycles. The van der Waals surface area contributed by atoms with E-state index in [1.165, 1.54) is 24.8 Å². The fraction of sp³-hybridized carbons (Fsp3) is 0.120. The standard InChI is InChI=1S/C25H20FN5O2S/c1-17(32)31-24(20-14-8-9-15-21(20)26)33-22(29-31)16-34-25-28-27-23(18-10-4-2-5-11-18)30(25)19-12-6-3-7-13-19/h2-15,24H,16H2,1H3/t24-/m0/s1. The molecule has 9 heteroatoms. The average molecular weight is 474 g/mol. The molecule has 0 fully saturated rings. The number of carbonyl (C=O) groups excluding carboxylic acids is 1. The first-order valence-corrected chi connectivity index (χ1v) is 11.6. The van der Waals surface area contributed by atoms with Gasteiger partial charge in [-0.05, 0) is 18.2 Å². The van der Waals surface area contributed by atoms with Crippen molar-refractivity contribution in [2.24, 2.45) is 5.10 Å². The van der Waals surface area contributed by atoms with Crippen molar-refractivity contribution in [3.8, 4) is 17.1 Å². The second kappa shape index (κ2) is 9.48. The second-order valence-electron chi connectivity index (χ2n) is 7.48. The van der Waals surface area contributed by atoms with Crippen LogP contribution in [0.4, 0.5) is 4.39 Å². The zero-order valence-corrected chi connectivity index (χ0v) is 19.0. The Morgan fingerprint density at radius 3 is 2.35 bits per heavy atom. The maximum absolute atomic E-state index is 14.4. The van der Waals surface area contributed by atoms with E-state index in [9.17, 15) is 9.18 Å². The Labute approximate surface area is 199 Å². The van der Waals surface area contributed by atoms with Crippen LogP contribution < -0.4 is 0 Å². The van der Waals surface area contributed by atoms with Gasteiger partial charge in [0.15, 0.2) is 11.0 Å². The third-order valence-electron chi connectivity index (χ3n) is 5.19. The van der Waals surface area contributed by atoms with Gasteiger partial charge in [0.25, 0.3) is 0 Å². The zero-order chi connectivity index (χ0) is 23.5. The lowest BCUT2D eigenvalue weighted by atomic mass is 10.2. The van der Waals surface area contributed by atoms with Gasteiger partial charge in [-0.2, -0.15) is 5.01 Å². The Kier molecular flexibility index (Phi) is 6.09. The van der Waals surface area contributed by atoms with Crippen molar-refractivity contribution in [3.05, 3.63) is 96.3 Å². The third kappa shape index (κ3) is 4.29. The molecule has 0 aliphatic carbocycles. The molecular weight excluding hydrogens is 453 g/mol. The zero-order valence-electron chi connectivity index (χ0n) is 18.2. The van der Waals surface area contributed by atoms with E-state index in [1.54, 1.807) is 18.2 Å². The summed E-state index contributed by atoms with van der Waals surface area (Å²) in [5.41, 5.74) is 2.10. The number of aromatic nitrogens is 3. The summed E-state index contributed by atoms with van der Waals surface area (Å²) in [5, 5.41) is 14.9. The Hall–Kier alpha value is -3.98. The SMILES string of the molecule is CC(=O)N1N=C(CSc2nnc(-c3ccccc3)n2-c2ccccc2)O[C@H]1c1ccccc1F. The lowest BCUT2D eigenvalue weighted by molar-refractivity contribution is -0.135. The summed E-state index contributed by atoms with van der Waals surface area (Å²) >= 11 is 1.37. The Morgan fingerprint density at radius 1 is 0.971 bits per heavy atom. The number of thioether (sulfide) groups is 1. The van der Waals surface area contributed by atoms with E-state index in [0.717, 1.165) is 16.3 Å². The van der Waals surface area contributed by atoms with Gasteiger partial charge in [-0.15, -0.1) is 15.3 Å². The van der Waals surface area contributed by atoms with Crippen LogP contribution in [0.15, 0.2) is 95.2 Å². The smallest absolute Gasteiger partial charge is 0.243 e. The second-order valence-corrected chi connectivity index (χ2v) is 8.42. The van der Waals surface area contributed by atoms with Crippen molar-refractivity contribution in [1.29, 1.82) is 0 Å². The molecule has 0 saturated heterocycles. The van der Waals surface area contributed by atoms with E-state index in [-0.39, 0.29) is 17.2 Å². The molecule has 1 aromatic heterocycles. The highest BCUT2D eigenvalue weighted by Crippen LogP contribution is 2.33. The highest BCUT2D eigenvalue weighted by molar-refractivity contribution is 7.99. The Bertz CT molecular complexity index is 1340. The topological polar surface area (TPSA) is 72.6 Å². The van der Waals surface area contributed by atoms with Crippen molar-refractivity contribution in [2.45, 2.75) is 18.3 Å². The minimum Gasteiger partial charge on any atom is -0.449 e. The van der Waals surface area contributed by atoms with Crippen LogP contribution in [-0.2, 0) is 9.53 Å². The average Bonchev–Trinajstić information content (AvgIpc) is 3.49. The predicted molar refractivity (Wildman–Crippen MR) is 128 cm³/mol. The molecule has 34 heavy (non-hydrogen) atoms. The quantitative estimate of drug-likeness (QED) is 0.366. The van der Waals surface area contributed by atoms with Crippen molar-refractivity contribution >= 4 is 23.6 Å². The number of nitrogens with zero attached hydrogens (tertiary/aromatic N) is 5. The van der Waals surface area contributed by atoms with Crippen LogP contribution in [0.5, 0.6) is 0 Å². The first-order valence-electron chi connectivity index (χ1n) is 10.6. The highest BCUT2D eigenvalue weighted by atomic mass is 32.2. The summed E-state index contributed by atoms with van der Waals surface area (Å²) < 4.78 is 22.2. The van der Waals surface area contributed by atoms with Crippen molar-refractivity contribution in [2.75, 3.05) is 5.75 Å². The number of para-hydroxylation sites is 1. The fourth-order valence-corrected chi connectivity index (χ4v) is 4.42. The van der Waals surface area contributed by atoms with Crippen LogP contribution in [0.25, 0.3) is 17.1 Å². The van der Waals surface area contributed by atoms with E-state index in [1.807, 2.05) is 65.2 Å². The van der Waals surface area contributed by atoms with Gasteiger partial charge >= 0.3 is 0 Å². The molecule has 0 unspecified atom stereocenters. The number of hydrogen-bond acceptors (Lipinski definition) is 6. The summed E-state index contributed by atoms with van der Waals surface area (Å²) in [6, 6.07) is 25.8. The summed E-state index contributed by atoms with van der Waals surface area (Å²) in [7, 11) is 0. The number of rotatable bonds is 6. The number of halogens is 1. The molecule has 3 aromatic carbocycles. The van der Waals surface area contributed by atoms with E-state index in [2.05, 4.69) is 15.3 Å². The van der Waals surface area contributed by atoms with E-state index >= 15 is 0 Å². The maximum atomic E-state index is 14.4. The number of amides is 1. The number of hydrogen-bond donors (Lipinski definition) is 0. The van der Waals surface area contributed by atoms with Crippen molar-refractivity contribution < 1.29 is 13.9 Å². The monoisotopic (exact) mass is 473 g/mol. The summed E-state index contributed by atoms with van der Waals surface area (Å²) in [6.45, 7) is 1.37. The van der Waals surface area contributed by atoms with Gasteiger partial charge < -0.3 is 4.74 Å². The molecule has 1 atom stereocenters. The van der Waals surface area contributed by atoms with Gasteiger partial charge in [-0.3, -0.25) is 9.36 Å². The van der Waals surface area contributed by atoms with Crippen LogP contribution in [0.1, 0.15) is 18.7 Å². The van der Waals surface area contributed by atoms with Crippen LogP contribution in [-0.4, -0.2) is 37.3 Å². The van der Waals surface area contributed by atoms with Crippen LogP contribution >= 0.6 is 11.8 Å². The predicted octanol–water partition coefficient (Wildman–Crippen LogP) is 5.06. The minimum absolute atomic E-state index is 0.250. The van der Waals surface area contributed by atoms with E-state index in [4.69, 9.17) is 4.74 Å². The molecular formula is C25H20FN5O2S. The van der Waals surface area contributed by atoms with Gasteiger partial charge in [-0.1, -0.05) is 78.5 Å². The summed E-state index contributed by atoms with van der Waals surface area (Å²) in [6.07, 6.45) is -0.943. The van der Waals surface area contributed by atoms with Crippen LogP contribution in [0.2, 0.25) is 0 Å². The molecule has 2 heterocycles. The largest absolute Gasteiger partial charge is 0.449 e. The molecule has 0 bridgehead atoms. The molecule has 0 N–H and O–H groups in total. The first-order chi connectivity index (χ1) is 16.6. The maximum Gasteiger partial charge on any atom is 0.243 e. The molecule has 5 rings (SSSR count). The lowest BCUT2D eigenvalue weighted by Gasteiger charge is -2.19. The molecule has 7 nitrogen and oxygen atoms in total. The van der Waals surface area contributed by atoms with Crippen LogP contribution in [0.3, 0.4) is 0 Å². The summed E-state index contributed by atoms with van der Waals surface area (Å²) in [5.74, 6) is 0.496. The van der Waals surface area contributed by atoms with Crippen LogP contribution in [0, 0.1) is 5.82 Å². The molecule has 1 amide bonds. The number of hydrazone groups is 1. The van der Waals surface area contributed by atoms with Gasteiger partial charge in [0.1, 0.15) is 5.82 Å². The molecule has 4 aromatic rings. The Morgan fingerprint density at radius 2 is 1.65 bits per heavy atom. The molecule has 1 aliphatic rings. The minimum atomic E-state index is -0.943. The van der Waals surface area contributed by atoms with Crippen molar-refractivity contribution in [3.63, 3.8) is 0 Å². The molecule has 0 saturated carbocycles. The molecule has 0 spiro atoms. The van der Waals surface area contributed by atoms with Crippen molar-refractivity contribution in [1.82, 2.24) is 19.8 Å². The van der Waals surface area contributed by atoms with Gasteiger partial charge in [0.05, 0.1) is 11.3 Å². The number of benzene rings is 3. The third-order valence-corrected chi connectivity index (χ3v) is 6.10. The van der Waals surface area contributed by atoms with E-state index in [0.29, 0.717) is 16.9 Å². The number of carbonyl (C=O) groups is 1. The van der Waals surface area contributed by atoms with E-state index < -0.39 is 12.0 Å². The fourth-order valence-electron chi connectivity index (χ4n) is 3.62. The molecule has 0 radical (unpaired) electrons. The normalized spacial score (nSPS) is 15.2.